The molecule has 0 fully saturated rings. The SMILES string of the molecule is CC(C)N(CC(N)=O)C(=O)c1ccc(COc2ccc(C(C)(C)C)cc2)cc1. The fraction of sp³-hybridized carbons (Fsp3) is 0.391. The van der Waals surface area contributed by atoms with Gasteiger partial charge in [0.15, 0.2) is 0 Å². The van der Waals surface area contributed by atoms with Crippen molar-refractivity contribution in [3.63, 3.8) is 0 Å². The van der Waals surface area contributed by atoms with E-state index in [1.165, 1.54) is 10.5 Å². The molecule has 5 nitrogen and oxygen atoms in total. The van der Waals surface area contributed by atoms with Crippen molar-refractivity contribution in [1.29, 1.82) is 0 Å². The van der Waals surface area contributed by atoms with Gasteiger partial charge in [0, 0.05) is 11.6 Å². The molecule has 28 heavy (non-hydrogen) atoms. The average molecular weight is 383 g/mol. The van der Waals surface area contributed by atoms with Crippen LogP contribution in [0.3, 0.4) is 0 Å². The van der Waals surface area contributed by atoms with Gasteiger partial charge in [-0.1, -0.05) is 45.0 Å². The third kappa shape index (κ3) is 5.84. The van der Waals surface area contributed by atoms with Crippen LogP contribution in [0.4, 0.5) is 0 Å². The van der Waals surface area contributed by atoms with E-state index in [2.05, 4.69) is 32.9 Å². The van der Waals surface area contributed by atoms with Gasteiger partial charge in [-0.3, -0.25) is 9.59 Å². The first-order valence-corrected chi connectivity index (χ1v) is 9.49. The molecule has 0 radical (unpaired) electrons. The zero-order valence-corrected chi connectivity index (χ0v) is 17.4. The molecule has 0 bridgehead atoms. The molecule has 0 unspecified atom stereocenters. The number of hydrogen-bond donors (Lipinski definition) is 1. The van der Waals surface area contributed by atoms with Crippen molar-refractivity contribution in [2.45, 2.75) is 52.7 Å². The molecule has 0 aromatic heterocycles. The number of amides is 2. The van der Waals surface area contributed by atoms with Gasteiger partial charge in [0.1, 0.15) is 12.4 Å². The molecule has 0 spiro atoms. The Bertz CT molecular complexity index is 803. The molecule has 2 rings (SSSR count). The Kier molecular flexibility index (Phi) is 6.84. The summed E-state index contributed by atoms with van der Waals surface area (Å²) in [5.41, 5.74) is 8.10. The molecule has 150 valence electrons. The van der Waals surface area contributed by atoms with Crippen LogP contribution in [0.5, 0.6) is 5.75 Å². The first kappa shape index (κ1) is 21.5. The summed E-state index contributed by atoms with van der Waals surface area (Å²) in [6.07, 6.45) is 0. The summed E-state index contributed by atoms with van der Waals surface area (Å²) in [6.45, 7) is 10.6. The number of benzene rings is 2. The zero-order valence-electron chi connectivity index (χ0n) is 17.4. The lowest BCUT2D eigenvalue weighted by atomic mass is 9.87. The molecule has 5 heteroatoms. The number of nitrogens with two attached hydrogens (primary N) is 1. The lowest BCUT2D eigenvalue weighted by Crippen LogP contribution is -2.42. The van der Waals surface area contributed by atoms with Crippen molar-refractivity contribution < 1.29 is 14.3 Å². The summed E-state index contributed by atoms with van der Waals surface area (Å²) in [6, 6.07) is 15.2. The van der Waals surface area contributed by atoms with E-state index in [4.69, 9.17) is 10.5 Å². The van der Waals surface area contributed by atoms with E-state index in [1.54, 1.807) is 12.1 Å². The number of carbonyl (C=O) groups excluding carboxylic acids is 2. The van der Waals surface area contributed by atoms with Crippen LogP contribution in [0.15, 0.2) is 48.5 Å². The predicted molar refractivity (Wildman–Crippen MR) is 111 cm³/mol. The average Bonchev–Trinajstić information content (AvgIpc) is 2.63. The van der Waals surface area contributed by atoms with Gasteiger partial charge < -0.3 is 15.4 Å². The molecule has 2 aromatic carbocycles. The summed E-state index contributed by atoms with van der Waals surface area (Å²) in [5, 5.41) is 0. The fourth-order valence-electron chi connectivity index (χ4n) is 2.78. The van der Waals surface area contributed by atoms with Gasteiger partial charge in [-0.2, -0.15) is 0 Å². The van der Waals surface area contributed by atoms with Crippen LogP contribution in [-0.2, 0) is 16.8 Å². The summed E-state index contributed by atoms with van der Waals surface area (Å²) >= 11 is 0. The third-order valence-electron chi connectivity index (χ3n) is 4.54. The minimum Gasteiger partial charge on any atom is -0.489 e. The molecule has 2 amide bonds. The molecule has 2 N–H and O–H groups in total. The summed E-state index contributed by atoms with van der Waals surface area (Å²) in [4.78, 5) is 25.3. The maximum atomic E-state index is 12.6. The molecule has 0 aliphatic heterocycles. The van der Waals surface area contributed by atoms with E-state index >= 15 is 0 Å². The zero-order chi connectivity index (χ0) is 20.9. The lowest BCUT2D eigenvalue weighted by Gasteiger charge is -2.25. The van der Waals surface area contributed by atoms with Gasteiger partial charge in [-0.05, 0) is 54.7 Å². The van der Waals surface area contributed by atoms with E-state index in [-0.39, 0.29) is 23.9 Å². The Morgan fingerprint density at radius 2 is 1.57 bits per heavy atom. The molecule has 0 saturated carbocycles. The van der Waals surface area contributed by atoms with Gasteiger partial charge in [0.05, 0.1) is 6.54 Å². The Morgan fingerprint density at radius 3 is 2.04 bits per heavy atom. The first-order chi connectivity index (χ1) is 13.1. The van der Waals surface area contributed by atoms with Crippen molar-refractivity contribution in [3.8, 4) is 5.75 Å². The summed E-state index contributed by atoms with van der Waals surface area (Å²) < 4.78 is 5.84. The quantitative estimate of drug-likeness (QED) is 0.789. The van der Waals surface area contributed by atoms with E-state index < -0.39 is 5.91 Å². The Labute approximate surface area is 167 Å². The van der Waals surface area contributed by atoms with Gasteiger partial charge in [-0.15, -0.1) is 0 Å². The molecular formula is C23H30N2O3. The highest BCUT2D eigenvalue weighted by molar-refractivity contribution is 5.96. The van der Waals surface area contributed by atoms with Crippen LogP contribution >= 0.6 is 0 Å². The normalized spacial score (nSPS) is 11.4. The minimum absolute atomic E-state index is 0.0913. The van der Waals surface area contributed by atoms with Gasteiger partial charge in [-0.25, -0.2) is 0 Å². The molecule has 0 atom stereocenters. The maximum Gasteiger partial charge on any atom is 0.254 e. The minimum atomic E-state index is -0.524. The summed E-state index contributed by atoms with van der Waals surface area (Å²) in [5.74, 6) is 0.0733. The topological polar surface area (TPSA) is 72.6 Å². The van der Waals surface area contributed by atoms with Gasteiger partial charge >= 0.3 is 0 Å². The van der Waals surface area contributed by atoms with Crippen LogP contribution in [0, 0.1) is 0 Å². The number of primary amides is 1. The Balaban J connectivity index is 2.00. The van der Waals surface area contributed by atoms with Crippen molar-refractivity contribution in [2.75, 3.05) is 6.54 Å². The van der Waals surface area contributed by atoms with E-state index in [0.717, 1.165) is 11.3 Å². The Hall–Kier alpha value is -2.82. The second-order valence-electron chi connectivity index (χ2n) is 8.25. The van der Waals surface area contributed by atoms with Crippen LogP contribution in [0.2, 0.25) is 0 Å². The standard InChI is InChI=1S/C23H30N2O3/c1-16(2)25(14-21(24)26)22(27)18-8-6-17(7-9-18)15-28-20-12-10-19(11-13-20)23(3,4)5/h6-13,16H,14-15H2,1-5H3,(H2,24,26). The van der Waals surface area contributed by atoms with Crippen molar-refractivity contribution in [1.82, 2.24) is 4.90 Å². The van der Waals surface area contributed by atoms with Crippen LogP contribution in [-0.4, -0.2) is 29.3 Å². The molecule has 0 aliphatic carbocycles. The smallest absolute Gasteiger partial charge is 0.254 e. The number of ether oxygens (including phenoxy) is 1. The molecule has 0 aliphatic rings. The van der Waals surface area contributed by atoms with E-state index in [0.29, 0.717) is 12.2 Å². The Morgan fingerprint density at radius 1 is 1.00 bits per heavy atom. The largest absolute Gasteiger partial charge is 0.489 e. The highest BCUT2D eigenvalue weighted by Crippen LogP contribution is 2.24. The van der Waals surface area contributed by atoms with Crippen molar-refractivity contribution >= 4 is 11.8 Å². The van der Waals surface area contributed by atoms with E-state index in [1.807, 2.05) is 38.1 Å². The predicted octanol–water partition coefficient (Wildman–Crippen LogP) is 3.90. The maximum absolute atomic E-state index is 12.6. The molecule has 0 heterocycles. The number of rotatable bonds is 7. The van der Waals surface area contributed by atoms with Crippen LogP contribution in [0.25, 0.3) is 0 Å². The fourth-order valence-corrected chi connectivity index (χ4v) is 2.78. The second kappa shape index (κ2) is 8.91. The van der Waals surface area contributed by atoms with E-state index in [9.17, 15) is 9.59 Å². The lowest BCUT2D eigenvalue weighted by molar-refractivity contribution is -0.119. The monoisotopic (exact) mass is 382 g/mol. The highest BCUT2D eigenvalue weighted by Gasteiger charge is 2.20. The van der Waals surface area contributed by atoms with Crippen molar-refractivity contribution in [2.24, 2.45) is 5.73 Å². The van der Waals surface area contributed by atoms with Gasteiger partial charge in [0.2, 0.25) is 5.91 Å². The summed E-state index contributed by atoms with van der Waals surface area (Å²) in [7, 11) is 0. The molecule has 2 aromatic rings. The van der Waals surface area contributed by atoms with Gasteiger partial charge in [0.25, 0.3) is 5.91 Å². The third-order valence-corrected chi connectivity index (χ3v) is 4.54. The number of nitrogens with zero attached hydrogens (tertiary/aromatic N) is 1. The number of carbonyl (C=O) groups is 2. The van der Waals surface area contributed by atoms with Crippen LogP contribution in [0.1, 0.15) is 56.1 Å². The first-order valence-electron chi connectivity index (χ1n) is 9.49. The highest BCUT2D eigenvalue weighted by atomic mass is 16.5. The van der Waals surface area contributed by atoms with Crippen molar-refractivity contribution in [3.05, 3.63) is 65.2 Å². The van der Waals surface area contributed by atoms with Crippen LogP contribution < -0.4 is 10.5 Å². The molecular weight excluding hydrogens is 352 g/mol. The molecule has 0 saturated heterocycles. The second-order valence-corrected chi connectivity index (χ2v) is 8.25. The number of hydrogen-bond acceptors (Lipinski definition) is 3.